The van der Waals surface area contributed by atoms with E-state index in [4.69, 9.17) is 9.47 Å². The van der Waals surface area contributed by atoms with Crippen LogP contribution in [0, 0.1) is 0 Å². The molecule has 2 aromatic rings. The summed E-state index contributed by atoms with van der Waals surface area (Å²) < 4.78 is 10.3. The lowest BCUT2D eigenvalue weighted by Gasteiger charge is -2.28. The summed E-state index contributed by atoms with van der Waals surface area (Å²) in [6, 6.07) is 13.1. The molecule has 0 fully saturated rings. The normalized spacial score (nSPS) is 14.9. The summed E-state index contributed by atoms with van der Waals surface area (Å²) in [7, 11) is 0. The smallest absolute Gasteiger partial charge is 0.338 e. The highest BCUT2D eigenvalue weighted by Crippen LogP contribution is 2.32. The molecular weight excluding hydrogens is 346 g/mol. The molecule has 0 N–H and O–H groups in total. The molecule has 138 valence electrons. The molecule has 0 atom stereocenters. The Bertz CT molecular complexity index is 914. The number of ether oxygens (including phenoxy) is 2. The van der Waals surface area contributed by atoms with Gasteiger partial charge < -0.3 is 9.47 Å². The van der Waals surface area contributed by atoms with Gasteiger partial charge >= 0.3 is 5.97 Å². The Morgan fingerprint density at radius 1 is 0.926 bits per heavy atom. The third-order valence-corrected chi connectivity index (χ3v) is 4.09. The molecule has 0 bridgehead atoms. The number of amides is 2. The molecular formula is C21H19NO5. The SMILES string of the molecule is CCO/C=C1/C(=O)N(c2ccc(C(=O)OCC)cc2)C(=O)c2ccccc21. The molecule has 2 amide bonds. The maximum Gasteiger partial charge on any atom is 0.338 e. The third-order valence-electron chi connectivity index (χ3n) is 4.09. The van der Waals surface area contributed by atoms with E-state index in [9.17, 15) is 14.4 Å². The highest BCUT2D eigenvalue weighted by molar-refractivity contribution is 6.40. The van der Waals surface area contributed by atoms with E-state index in [0.717, 1.165) is 4.90 Å². The van der Waals surface area contributed by atoms with E-state index in [2.05, 4.69) is 0 Å². The van der Waals surface area contributed by atoms with E-state index in [-0.39, 0.29) is 6.61 Å². The summed E-state index contributed by atoms with van der Waals surface area (Å²) in [6.45, 7) is 4.21. The van der Waals surface area contributed by atoms with Crippen molar-refractivity contribution in [3.63, 3.8) is 0 Å². The van der Waals surface area contributed by atoms with Gasteiger partial charge in [0.1, 0.15) is 0 Å². The van der Waals surface area contributed by atoms with Crippen LogP contribution >= 0.6 is 0 Å². The zero-order chi connectivity index (χ0) is 19.4. The summed E-state index contributed by atoms with van der Waals surface area (Å²) in [4.78, 5) is 38.8. The van der Waals surface area contributed by atoms with Crippen LogP contribution in [-0.2, 0) is 14.3 Å². The van der Waals surface area contributed by atoms with Crippen LogP contribution in [0.5, 0.6) is 0 Å². The van der Waals surface area contributed by atoms with Crippen LogP contribution < -0.4 is 4.90 Å². The lowest BCUT2D eigenvalue weighted by atomic mass is 9.94. The average Bonchev–Trinajstić information content (AvgIpc) is 2.69. The van der Waals surface area contributed by atoms with Crippen molar-refractivity contribution in [3.8, 4) is 0 Å². The molecule has 0 aromatic heterocycles. The first-order chi connectivity index (χ1) is 13.1. The lowest BCUT2D eigenvalue weighted by molar-refractivity contribution is -0.113. The van der Waals surface area contributed by atoms with Crippen LogP contribution in [0.1, 0.15) is 40.1 Å². The molecule has 1 heterocycles. The van der Waals surface area contributed by atoms with Gasteiger partial charge in [0, 0.05) is 11.1 Å². The fraction of sp³-hybridized carbons (Fsp3) is 0.190. The van der Waals surface area contributed by atoms with Gasteiger partial charge in [-0.1, -0.05) is 18.2 Å². The second kappa shape index (κ2) is 7.86. The Morgan fingerprint density at radius 3 is 2.22 bits per heavy atom. The van der Waals surface area contributed by atoms with Crippen LogP contribution in [0.4, 0.5) is 5.69 Å². The highest BCUT2D eigenvalue weighted by atomic mass is 16.5. The zero-order valence-corrected chi connectivity index (χ0v) is 15.1. The van der Waals surface area contributed by atoms with E-state index in [1.807, 2.05) is 6.92 Å². The molecule has 0 spiro atoms. The van der Waals surface area contributed by atoms with Gasteiger partial charge in [-0.2, -0.15) is 0 Å². The monoisotopic (exact) mass is 365 g/mol. The van der Waals surface area contributed by atoms with Gasteiger partial charge in [-0.3, -0.25) is 9.59 Å². The summed E-state index contributed by atoms with van der Waals surface area (Å²) >= 11 is 0. The summed E-state index contributed by atoms with van der Waals surface area (Å²) in [5.41, 5.74) is 1.98. The van der Waals surface area contributed by atoms with Crippen molar-refractivity contribution in [1.82, 2.24) is 0 Å². The molecule has 6 heteroatoms. The van der Waals surface area contributed by atoms with Crippen molar-refractivity contribution in [3.05, 3.63) is 71.5 Å². The number of carbonyl (C=O) groups is 3. The standard InChI is InChI=1S/C21H19NO5/c1-3-26-13-18-16-7-5-6-8-17(16)19(23)22(20(18)24)15-11-9-14(10-12-15)21(25)27-4-2/h5-13H,3-4H2,1-2H3/b18-13+. The molecule has 27 heavy (non-hydrogen) atoms. The Kier molecular flexibility index (Phi) is 5.35. The Hall–Kier alpha value is -3.41. The maximum atomic E-state index is 13.0. The minimum atomic E-state index is -0.476. The van der Waals surface area contributed by atoms with Gasteiger partial charge in [-0.05, 0) is 44.2 Å². The van der Waals surface area contributed by atoms with Crippen molar-refractivity contribution in [1.29, 1.82) is 0 Å². The first kappa shape index (κ1) is 18.4. The molecule has 3 rings (SSSR count). The molecule has 2 aromatic carbocycles. The lowest BCUT2D eigenvalue weighted by Crippen LogP contribution is -2.41. The number of imide groups is 1. The van der Waals surface area contributed by atoms with Crippen molar-refractivity contribution >= 4 is 29.0 Å². The number of nitrogens with zero attached hydrogens (tertiary/aromatic N) is 1. The predicted molar refractivity (Wildman–Crippen MR) is 100 cm³/mol. The van der Waals surface area contributed by atoms with Gasteiger partial charge in [-0.15, -0.1) is 0 Å². The van der Waals surface area contributed by atoms with E-state index < -0.39 is 17.8 Å². The molecule has 0 saturated carbocycles. The first-order valence-corrected chi connectivity index (χ1v) is 8.65. The van der Waals surface area contributed by atoms with Crippen molar-refractivity contribution < 1.29 is 23.9 Å². The van der Waals surface area contributed by atoms with Crippen molar-refractivity contribution in [2.45, 2.75) is 13.8 Å². The number of anilines is 1. The second-order valence-corrected chi connectivity index (χ2v) is 5.75. The molecule has 0 aliphatic carbocycles. The average molecular weight is 365 g/mol. The molecule has 1 aliphatic heterocycles. The molecule has 0 saturated heterocycles. The maximum absolute atomic E-state index is 13.0. The minimum absolute atomic E-state index is 0.270. The van der Waals surface area contributed by atoms with Gasteiger partial charge in [0.15, 0.2) is 0 Å². The number of rotatable bonds is 5. The van der Waals surface area contributed by atoms with Crippen LogP contribution in [0.2, 0.25) is 0 Å². The first-order valence-electron chi connectivity index (χ1n) is 8.65. The molecule has 6 nitrogen and oxygen atoms in total. The number of esters is 1. The molecule has 1 aliphatic rings. The van der Waals surface area contributed by atoms with Gasteiger partial charge in [0.2, 0.25) is 0 Å². The van der Waals surface area contributed by atoms with Crippen LogP contribution in [0.25, 0.3) is 5.57 Å². The number of benzene rings is 2. The Labute approximate surface area is 157 Å². The fourth-order valence-corrected chi connectivity index (χ4v) is 2.83. The number of hydrogen-bond donors (Lipinski definition) is 0. The summed E-state index contributed by atoms with van der Waals surface area (Å²) in [6.07, 6.45) is 1.38. The van der Waals surface area contributed by atoms with Gasteiger partial charge in [0.05, 0.1) is 36.3 Å². The van der Waals surface area contributed by atoms with Crippen LogP contribution in [-0.4, -0.2) is 31.0 Å². The van der Waals surface area contributed by atoms with E-state index in [1.165, 1.54) is 18.4 Å². The Morgan fingerprint density at radius 2 is 1.59 bits per heavy atom. The van der Waals surface area contributed by atoms with Gasteiger partial charge in [0.25, 0.3) is 11.8 Å². The third kappa shape index (κ3) is 3.46. The minimum Gasteiger partial charge on any atom is -0.501 e. The van der Waals surface area contributed by atoms with Crippen LogP contribution in [0.3, 0.4) is 0 Å². The van der Waals surface area contributed by atoms with E-state index in [1.54, 1.807) is 43.3 Å². The summed E-state index contributed by atoms with van der Waals surface area (Å²) in [5.74, 6) is -1.35. The summed E-state index contributed by atoms with van der Waals surface area (Å²) in [5, 5.41) is 0. The number of fused-ring (bicyclic) bond motifs is 1. The quantitative estimate of drug-likeness (QED) is 0.351. The molecule has 0 radical (unpaired) electrons. The molecule has 0 unspecified atom stereocenters. The van der Waals surface area contributed by atoms with Crippen molar-refractivity contribution in [2.24, 2.45) is 0 Å². The van der Waals surface area contributed by atoms with Crippen molar-refractivity contribution in [2.75, 3.05) is 18.1 Å². The fourth-order valence-electron chi connectivity index (χ4n) is 2.83. The topological polar surface area (TPSA) is 72.9 Å². The number of carbonyl (C=O) groups excluding carboxylic acids is 3. The second-order valence-electron chi connectivity index (χ2n) is 5.75. The zero-order valence-electron chi connectivity index (χ0n) is 15.1. The number of hydrogen-bond acceptors (Lipinski definition) is 5. The van der Waals surface area contributed by atoms with Gasteiger partial charge in [-0.25, -0.2) is 9.69 Å². The Balaban J connectivity index is 2.02. The predicted octanol–water partition coefficient (Wildman–Crippen LogP) is 3.43. The van der Waals surface area contributed by atoms with E-state index in [0.29, 0.717) is 34.6 Å². The largest absolute Gasteiger partial charge is 0.501 e. The van der Waals surface area contributed by atoms with E-state index >= 15 is 0 Å². The van der Waals surface area contributed by atoms with Crippen LogP contribution in [0.15, 0.2) is 54.8 Å². The highest BCUT2D eigenvalue weighted by Gasteiger charge is 2.36.